The number of nitrogens with zero attached hydrogens (tertiary/aromatic N) is 1. The molecule has 6 rings (SSSR count). The largest absolute Gasteiger partial charge is 0.477 e. The third-order valence-corrected chi connectivity index (χ3v) is 9.64. The predicted octanol–water partition coefficient (Wildman–Crippen LogP) is 5.39. The molecule has 0 spiro atoms. The molecule has 2 atom stereocenters. The van der Waals surface area contributed by atoms with Gasteiger partial charge in [-0.25, -0.2) is 9.59 Å². The summed E-state index contributed by atoms with van der Waals surface area (Å²) in [5.74, 6) is -2.36. The third kappa shape index (κ3) is 5.85. The monoisotopic (exact) mass is 641 g/mol. The number of aromatic nitrogens is 1. The van der Waals surface area contributed by atoms with Crippen molar-refractivity contribution in [2.75, 3.05) is 12.4 Å². The number of carboxylic acid groups (broad SMARTS) is 1. The Morgan fingerprint density at radius 3 is 2.49 bits per heavy atom. The van der Waals surface area contributed by atoms with Gasteiger partial charge in [-0.15, -0.1) is 24.4 Å². The number of carbonyl (C=O) groups is 4. The number of rotatable bonds is 9. The summed E-state index contributed by atoms with van der Waals surface area (Å²) in [5, 5.41) is 13.1. The zero-order valence-electron chi connectivity index (χ0n) is 24.6. The Labute approximate surface area is 269 Å². The topological polar surface area (TPSA) is 129 Å². The highest BCUT2D eigenvalue weighted by molar-refractivity contribution is 8.00. The van der Waals surface area contributed by atoms with Gasteiger partial charge in [-0.1, -0.05) is 74.5 Å². The van der Waals surface area contributed by atoms with Crippen LogP contribution in [0.1, 0.15) is 41.4 Å². The first-order valence-electron chi connectivity index (χ1n) is 14.5. The van der Waals surface area contributed by atoms with Gasteiger partial charge in [-0.2, -0.15) is 0 Å². The van der Waals surface area contributed by atoms with Crippen LogP contribution in [0, 0.1) is 0 Å². The summed E-state index contributed by atoms with van der Waals surface area (Å²) in [5.41, 5.74) is 4.52. The number of fused-ring (bicyclic) bond motifs is 2. The van der Waals surface area contributed by atoms with Gasteiger partial charge < -0.3 is 20.1 Å². The van der Waals surface area contributed by atoms with Crippen molar-refractivity contribution in [1.82, 2.24) is 15.2 Å². The van der Waals surface area contributed by atoms with Crippen molar-refractivity contribution in [3.63, 3.8) is 0 Å². The quantitative estimate of drug-likeness (QED) is 0.110. The first kappa shape index (κ1) is 30.5. The molecule has 3 aromatic carbocycles. The van der Waals surface area contributed by atoms with Crippen molar-refractivity contribution in [2.45, 2.75) is 42.5 Å². The number of H-pyrrole nitrogens is 1. The molecule has 11 heteroatoms. The number of benzene rings is 3. The normalized spacial score (nSPS) is 17.7. The first-order valence-corrected chi connectivity index (χ1v) is 16.0. The Hall–Kier alpha value is -4.48. The molecule has 230 valence electrons. The van der Waals surface area contributed by atoms with Crippen molar-refractivity contribution in [2.24, 2.45) is 0 Å². The Morgan fingerprint density at radius 1 is 1.07 bits per heavy atom. The summed E-state index contributed by atoms with van der Waals surface area (Å²) < 4.78 is 5.74. The molecule has 3 N–H and O–H groups in total. The molecule has 45 heavy (non-hydrogen) atoms. The van der Waals surface area contributed by atoms with Gasteiger partial charge in [0.25, 0.3) is 5.91 Å². The molecule has 9 nitrogen and oxygen atoms in total. The van der Waals surface area contributed by atoms with E-state index in [0.717, 1.165) is 32.5 Å². The lowest BCUT2D eigenvalue weighted by molar-refractivity contribution is -0.150. The minimum absolute atomic E-state index is 0.109. The van der Waals surface area contributed by atoms with Gasteiger partial charge >= 0.3 is 11.9 Å². The number of hydrogen-bond acceptors (Lipinski definition) is 7. The van der Waals surface area contributed by atoms with E-state index in [-0.39, 0.29) is 42.0 Å². The van der Waals surface area contributed by atoms with Crippen molar-refractivity contribution in [1.29, 1.82) is 0 Å². The molecule has 0 saturated carbocycles. The fourth-order valence-electron chi connectivity index (χ4n) is 5.83. The van der Waals surface area contributed by atoms with Gasteiger partial charge in [0.15, 0.2) is 0 Å². The van der Waals surface area contributed by atoms with Crippen molar-refractivity contribution in [3.8, 4) is 11.1 Å². The highest BCUT2D eigenvalue weighted by Gasteiger charge is 2.54. The van der Waals surface area contributed by atoms with Crippen LogP contribution in [0.3, 0.4) is 0 Å². The number of esters is 1. The first-order chi connectivity index (χ1) is 21.6. The molecule has 2 aliphatic rings. The number of thiol groups is 1. The van der Waals surface area contributed by atoms with Crippen molar-refractivity contribution >= 4 is 59.0 Å². The van der Waals surface area contributed by atoms with Crippen LogP contribution in [0.5, 0.6) is 0 Å². The van der Waals surface area contributed by atoms with E-state index in [2.05, 4.69) is 36.8 Å². The molecule has 0 radical (unpaired) electrons. The maximum atomic E-state index is 13.6. The maximum Gasteiger partial charge on any atom is 0.355 e. The molecule has 1 fully saturated rings. The number of aromatic amines is 1. The van der Waals surface area contributed by atoms with E-state index in [1.54, 1.807) is 0 Å². The second kappa shape index (κ2) is 12.5. The van der Waals surface area contributed by atoms with Crippen molar-refractivity contribution < 1.29 is 29.0 Å². The number of nitrogens with one attached hydrogen (secondary N) is 2. The van der Waals surface area contributed by atoms with Gasteiger partial charge in [0.2, 0.25) is 5.91 Å². The molecule has 2 amide bonds. The summed E-state index contributed by atoms with van der Waals surface area (Å²) in [4.78, 5) is 57.0. The number of hydrogen-bond donors (Lipinski definition) is 4. The average molecular weight is 642 g/mol. The van der Waals surface area contributed by atoms with Crippen LogP contribution in [0.4, 0.5) is 0 Å². The lowest BCUT2D eigenvalue weighted by Gasteiger charge is -2.49. The van der Waals surface area contributed by atoms with Gasteiger partial charge in [0.1, 0.15) is 29.4 Å². The zero-order valence-corrected chi connectivity index (χ0v) is 26.3. The van der Waals surface area contributed by atoms with Crippen molar-refractivity contribution in [3.05, 3.63) is 101 Å². The number of amides is 2. The van der Waals surface area contributed by atoms with E-state index in [4.69, 9.17) is 4.74 Å². The maximum absolute atomic E-state index is 13.6. The minimum atomic E-state index is -1.30. The van der Waals surface area contributed by atoms with Crippen LogP contribution >= 0.6 is 24.4 Å². The lowest BCUT2D eigenvalue weighted by Crippen LogP contribution is -2.70. The number of β-lactam (4-membered cyclic amide) rings is 1. The summed E-state index contributed by atoms with van der Waals surface area (Å²) >= 11 is 5.72. The Morgan fingerprint density at radius 2 is 1.80 bits per heavy atom. The van der Waals surface area contributed by atoms with E-state index in [1.165, 1.54) is 16.7 Å². The minimum Gasteiger partial charge on any atom is -0.477 e. The fourth-order valence-corrected chi connectivity index (χ4v) is 7.30. The van der Waals surface area contributed by atoms with Crippen LogP contribution in [-0.2, 0) is 25.5 Å². The van der Waals surface area contributed by atoms with Gasteiger partial charge in [-0.3, -0.25) is 14.5 Å². The highest BCUT2D eigenvalue weighted by Crippen LogP contribution is 2.41. The molecule has 1 aromatic heterocycles. The number of thioether (sulfide) groups is 1. The van der Waals surface area contributed by atoms with Crippen LogP contribution in [0.25, 0.3) is 22.0 Å². The predicted molar refractivity (Wildman–Crippen MR) is 175 cm³/mol. The van der Waals surface area contributed by atoms with Crippen LogP contribution < -0.4 is 5.32 Å². The second-order valence-corrected chi connectivity index (χ2v) is 12.9. The van der Waals surface area contributed by atoms with E-state index in [1.807, 2.05) is 72.8 Å². The van der Waals surface area contributed by atoms with E-state index in [9.17, 15) is 24.3 Å². The fraction of sp³-hybridized carbons (Fsp3) is 0.235. The molecular weight excluding hydrogens is 611 g/mol. The lowest BCUT2D eigenvalue weighted by atomic mass is 9.97. The average Bonchev–Trinajstić information content (AvgIpc) is 3.42. The smallest absolute Gasteiger partial charge is 0.355 e. The summed E-state index contributed by atoms with van der Waals surface area (Å²) in [6, 6.07) is 21.7. The Balaban J connectivity index is 1.23. The second-order valence-electron chi connectivity index (χ2n) is 11.3. The summed E-state index contributed by atoms with van der Waals surface area (Å²) in [7, 11) is 0. The molecular formula is C34H31N3O6S2. The Kier molecular flexibility index (Phi) is 8.48. The molecule has 2 aliphatic heterocycles. The number of ether oxygens (including phenoxy) is 1. The van der Waals surface area contributed by atoms with Crippen LogP contribution in [-0.4, -0.2) is 62.5 Å². The number of carbonyl (C=O) groups excluding carboxylic acids is 3. The van der Waals surface area contributed by atoms with Crippen LogP contribution in [0.2, 0.25) is 0 Å². The van der Waals surface area contributed by atoms with Gasteiger partial charge in [0, 0.05) is 27.2 Å². The molecule has 4 aromatic rings. The zero-order chi connectivity index (χ0) is 31.8. The van der Waals surface area contributed by atoms with Crippen LogP contribution in [0.15, 0.2) is 89.0 Å². The molecule has 1 saturated heterocycles. The van der Waals surface area contributed by atoms with Gasteiger partial charge in [0.05, 0.1) is 11.9 Å². The standard InChI is InChI=1S/C34H31N3O6S2/c1-18(2)23-9-6-10-24-26(20-11-13-22(44)14-12-20)28(36-27(23)24)34(42)43-16-21-17-45-32-29(31(39)37(32)30(21)33(40)41)35-25(38)15-19-7-4-3-5-8-19/h3-14,18,29,32,36,44H,15-17H2,1-2H3,(H,35,38)(H,40,41). The number of para-hydroxylation sites is 1. The number of carboxylic acids is 1. The SMILES string of the molecule is CC(C)c1cccc2c(-c3ccc(S)cc3)c(C(=O)OCC3=C(C(=O)O)N4C(=O)C(NC(=O)Cc5ccccc5)C4SC3)[nH]c12. The molecule has 0 bridgehead atoms. The van der Waals surface area contributed by atoms with E-state index >= 15 is 0 Å². The highest BCUT2D eigenvalue weighted by atomic mass is 32.2. The summed E-state index contributed by atoms with van der Waals surface area (Å²) in [6.45, 7) is 3.84. The summed E-state index contributed by atoms with van der Waals surface area (Å²) in [6.07, 6.45) is 0.109. The number of aliphatic carboxylic acids is 1. The molecule has 0 aliphatic carbocycles. The van der Waals surface area contributed by atoms with E-state index < -0.39 is 29.3 Å². The van der Waals surface area contributed by atoms with Gasteiger partial charge in [-0.05, 0) is 34.7 Å². The molecule has 3 heterocycles. The molecule has 2 unspecified atom stereocenters. The van der Waals surface area contributed by atoms with E-state index in [0.29, 0.717) is 11.1 Å². The Bertz CT molecular complexity index is 1850. The third-order valence-electron chi connectivity index (χ3n) is 8.00.